The highest BCUT2D eigenvalue weighted by atomic mass is 35.5. The van der Waals surface area contributed by atoms with E-state index in [0.717, 1.165) is 49.6 Å². The first-order valence-electron chi connectivity index (χ1n) is 11.7. The Bertz CT molecular complexity index is 1330. The average Bonchev–Trinajstić information content (AvgIpc) is 3.11. The van der Waals surface area contributed by atoms with Gasteiger partial charge in [0.1, 0.15) is 10.8 Å². The summed E-state index contributed by atoms with van der Waals surface area (Å²) in [6.45, 7) is 4.38. The summed E-state index contributed by atoms with van der Waals surface area (Å²) in [6.07, 6.45) is 6.47. The van der Waals surface area contributed by atoms with Crippen molar-refractivity contribution >= 4 is 40.1 Å². The van der Waals surface area contributed by atoms with Crippen LogP contribution in [-0.2, 0) is 11.3 Å². The van der Waals surface area contributed by atoms with Gasteiger partial charge in [-0.15, -0.1) is 0 Å². The van der Waals surface area contributed by atoms with E-state index in [1.54, 1.807) is 24.5 Å². The number of anilines is 1. The second-order valence-corrected chi connectivity index (χ2v) is 11.2. The first kappa shape index (κ1) is 25.3. The van der Waals surface area contributed by atoms with E-state index in [0.29, 0.717) is 22.0 Å². The van der Waals surface area contributed by atoms with Crippen molar-refractivity contribution in [2.45, 2.75) is 61.2 Å². The summed E-state index contributed by atoms with van der Waals surface area (Å²) in [7, 11) is 0. The van der Waals surface area contributed by atoms with Crippen LogP contribution in [0.3, 0.4) is 0 Å². The zero-order valence-electron chi connectivity index (χ0n) is 20.0. The minimum absolute atomic E-state index is 0.0341. The normalized spacial score (nSPS) is 22.0. The molecule has 192 valence electrons. The van der Waals surface area contributed by atoms with Gasteiger partial charge in [0.15, 0.2) is 0 Å². The lowest BCUT2D eigenvalue weighted by Gasteiger charge is -2.41. The number of benzene rings is 1. The summed E-state index contributed by atoms with van der Waals surface area (Å²) in [5.74, 6) is -2.27. The van der Waals surface area contributed by atoms with Crippen molar-refractivity contribution in [3.05, 3.63) is 46.2 Å². The topological polar surface area (TPSA) is 99.2 Å². The van der Waals surface area contributed by atoms with Crippen LogP contribution in [-0.4, -0.2) is 57.3 Å². The van der Waals surface area contributed by atoms with Gasteiger partial charge in [-0.2, -0.15) is 0 Å². The van der Waals surface area contributed by atoms with Gasteiger partial charge < -0.3 is 15.4 Å². The molecule has 12 heteroatoms. The SMILES string of the molecule is C[C@@H]1OCC2(CCN(c3cnc(Sc4ccc5ncn(CC(C)(F)F)c(=O)c5c4Cl)cn3)CC2)[C@@H]1N. The molecule has 8 nitrogen and oxygen atoms in total. The van der Waals surface area contributed by atoms with Crippen molar-refractivity contribution < 1.29 is 13.5 Å². The highest BCUT2D eigenvalue weighted by Gasteiger charge is 2.47. The summed E-state index contributed by atoms with van der Waals surface area (Å²) in [5.41, 5.74) is 6.18. The number of hydrogen-bond donors (Lipinski definition) is 1. The molecule has 2 N–H and O–H groups in total. The molecule has 5 rings (SSSR count). The Balaban J connectivity index is 1.31. The number of piperidine rings is 1. The van der Waals surface area contributed by atoms with Gasteiger partial charge in [-0.25, -0.2) is 23.7 Å². The van der Waals surface area contributed by atoms with E-state index in [4.69, 9.17) is 22.1 Å². The number of nitrogens with two attached hydrogens (primary N) is 1. The molecule has 2 aromatic heterocycles. The quantitative estimate of drug-likeness (QED) is 0.523. The highest BCUT2D eigenvalue weighted by Crippen LogP contribution is 2.42. The Hall–Kier alpha value is -2.34. The van der Waals surface area contributed by atoms with Gasteiger partial charge >= 0.3 is 0 Å². The van der Waals surface area contributed by atoms with E-state index in [1.165, 1.54) is 11.8 Å². The van der Waals surface area contributed by atoms with Crippen LogP contribution < -0.4 is 16.2 Å². The molecule has 2 atom stereocenters. The second kappa shape index (κ2) is 9.51. The monoisotopic (exact) mass is 536 g/mol. The molecular formula is C24H27ClF2N6O2S. The van der Waals surface area contributed by atoms with E-state index in [1.807, 2.05) is 6.92 Å². The van der Waals surface area contributed by atoms with Crippen molar-refractivity contribution in [1.82, 2.24) is 19.5 Å². The van der Waals surface area contributed by atoms with E-state index >= 15 is 0 Å². The molecule has 2 aliphatic rings. The molecule has 1 aromatic carbocycles. The third-order valence-electron chi connectivity index (χ3n) is 7.10. The molecule has 0 aliphatic carbocycles. The molecule has 2 aliphatic heterocycles. The lowest BCUT2D eigenvalue weighted by molar-refractivity contribution is 0.00283. The standard InChI is InChI=1S/C24H27ClF2N6O2S/c1-14-21(28)24(12-35-14)5-7-32(8-6-24)17-9-30-18(10-29-17)36-16-4-3-15-19(20(16)25)22(34)33(13-31-15)11-23(2,26)27/h3-4,9-10,13-14,21H,5-8,11-12,28H2,1-2H3/t14-,21+/m0/s1. The van der Waals surface area contributed by atoms with Crippen molar-refractivity contribution in [3.63, 3.8) is 0 Å². The highest BCUT2D eigenvalue weighted by molar-refractivity contribution is 7.99. The van der Waals surface area contributed by atoms with Gasteiger partial charge in [0.25, 0.3) is 11.5 Å². The number of ether oxygens (including phenoxy) is 1. The third-order valence-corrected chi connectivity index (χ3v) is 8.59. The Labute approximate surface area is 216 Å². The van der Waals surface area contributed by atoms with Crippen LogP contribution in [0.5, 0.6) is 0 Å². The fourth-order valence-corrected chi connectivity index (χ4v) is 6.09. The van der Waals surface area contributed by atoms with Gasteiger partial charge in [0, 0.05) is 36.4 Å². The van der Waals surface area contributed by atoms with E-state index in [-0.39, 0.29) is 28.0 Å². The van der Waals surface area contributed by atoms with Crippen molar-refractivity contribution in [2.75, 3.05) is 24.6 Å². The minimum atomic E-state index is -3.06. The van der Waals surface area contributed by atoms with Gasteiger partial charge in [-0.3, -0.25) is 9.36 Å². The number of rotatable bonds is 5. The molecule has 2 fully saturated rings. The first-order chi connectivity index (χ1) is 17.1. The maximum atomic E-state index is 13.5. The summed E-state index contributed by atoms with van der Waals surface area (Å²) in [5, 5.41) is 0.849. The summed E-state index contributed by atoms with van der Waals surface area (Å²) in [4.78, 5) is 28.8. The first-order valence-corrected chi connectivity index (χ1v) is 12.9. The van der Waals surface area contributed by atoms with Gasteiger partial charge in [-0.05, 0) is 31.9 Å². The molecule has 0 unspecified atom stereocenters. The van der Waals surface area contributed by atoms with Gasteiger partial charge in [-0.1, -0.05) is 23.4 Å². The molecular weight excluding hydrogens is 510 g/mol. The third kappa shape index (κ3) is 4.81. The lowest BCUT2D eigenvalue weighted by atomic mass is 9.73. The molecule has 1 spiro atoms. The average molecular weight is 537 g/mol. The number of nitrogens with zero attached hydrogens (tertiary/aromatic N) is 5. The lowest BCUT2D eigenvalue weighted by Crippen LogP contribution is -2.50. The van der Waals surface area contributed by atoms with Crippen molar-refractivity contribution in [2.24, 2.45) is 11.1 Å². The number of halogens is 3. The van der Waals surface area contributed by atoms with E-state index in [2.05, 4.69) is 19.9 Å². The molecule has 36 heavy (non-hydrogen) atoms. The van der Waals surface area contributed by atoms with Crippen molar-refractivity contribution in [1.29, 1.82) is 0 Å². The summed E-state index contributed by atoms with van der Waals surface area (Å²) in [6, 6.07) is 3.42. The molecule has 4 heterocycles. The molecule has 2 saturated heterocycles. The van der Waals surface area contributed by atoms with Crippen LogP contribution in [0.4, 0.5) is 14.6 Å². The number of alkyl halides is 2. The van der Waals surface area contributed by atoms with Crippen LogP contribution in [0.1, 0.15) is 26.7 Å². The predicted octanol–water partition coefficient (Wildman–Crippen LogP) is 3.98. The molecule has 0 saturated carbocycles. The Morgan fingerprint density at radius 1 is 1.25 bits per heavy atom. The van der Waals surface area contributed by atoms with Gasteiger partial charge in [0.2, 0.25) is 0 Å². The smallest absolute Gasteiger partial charge is 0.263 e. The van der Waals surface area contributed by atoms with Crippen LogP contribution in [0, 0.1) is 5.41 Å². The van der Waals surface area contributed by atoms with Gasteiger partial charge in [0.05, 0.1) is 53.9 Å². The fraction of sp³-hybridized carbons (Fsp3) is 0.500. The maximum Gasteiger partial charge on any atom is 0.263 e. The Morgan fingerprint density at radius 2 is 2.00 bits per heavy atom. The van der Waals surface area contributed by atoms with Crippen LogP contribution in [0.25, 0.3) is 10.9 Å². The van der Waals surface area contributed by atoms with E-state index < -0.39 is 18.0 Å². The number of fused-ring (bicyclic) bond motifs is 1. The fourth-order valence-electron chi connectivity index (χ4n) is 4.97. The Morgan fingerprint density at radius 3 is 2.61 bits per heavy atom. The summed E-state index contributed by atoms with van der Waals surface area (Å²) >= 11 is 7.78. The zero-order chi connectivity index (χ0) is 25.7. The number of hydrogen-bond acceptors (Lipinski definition) is 8. The molecule has 0 amide bonds. The summed E-state index contributed by atoms with van der Waals surface area (Å²) < 4.78 is 33.6. The Kier molecular flexibility index (Phi) is 6.69. The molecule has 0 bridgehead atoms. The van der Waals surface area contributed by atoms with Crippen LogP contribution >= 0.6 is 23.4 Å². The largest absolute Gasteiger partial charge is 0.376 e. The minimum Gasteiger partial charge on any atom is -0.376 e. The van der Waals surface area contributed by atoms with Crippen molar-refractivity contribution in [3.8, 4) is 0 Å². The van der Waals surface area contributed by atoms with Crippen LogP contribution in [0.2, 0.25) is 5.02 Å². The van der Waals surface area contributed by atoms with E-state index in [9.17, 15) is 13.6 Å². The number of aromatic nitrogens is 4. The maximum absolute atomic E-state index is 13.5. The molecule has 0 radical (unpaired) electrons. The predicted molar refractivity (Wildman–Crippen MR) is 135 cm³/mol. The second-order valence-electron chi connectivity index (χ2n) is 9.73. The zero-order valence-corrected chi connectivity index (χ0v) is 21.5. The molecule has 3 aromatic rings. The van der Waals surface area contributed by atoms with Crippen LogP contribution in [0.15, 0.2) is 45.6 Å².